The van der Waals surface area contributed by atoms with Gasteiger partial charge in [0.2, 0.25) is 11.8 Å². The Labute approximate surface area is 135 Å². The molecule has 2 aromatic carbocycles. The number of benzene rings is 2. The first-order valence-corrected chi connectivity index (χ1v) is 7.41. The predicted molar refractivity (Wildman–Crippen MR) is 84.9 cm³/mol. The van der Waals surface area contributed by atoms with Gasteiger partial charge in [0.05, 0.1) is 5.02 Å². The van der Waals surface area contributed by atoms with Crippen molar-refractivity contribution in [2.75, 3.05) is 0 Å². The molecular formula is C15H11BrClN3O. The van der Waals surface area contributed by atoms with Gasteiger partial charge in [-0.25, -0.2) is 0 Å². The second-order valence-electron chi connectivity index (χ2n) is 4.46. The van der Waals surface area contributed by atoms with Gasteiger partial charge in [-0.1, -0.05) is 41.9 Å². The van der Waals surface area contributed by atoms with E-state index in [-0.39, 0.29) is 0 Å². The van der Waals surface area contributed by atoms with Crippen LogP contribution in [0.3, 0.4) is 0 Å². The lowest BCUT2D eigenvalue weighted by Gasteiger charge is -2.06. The first kappa shape index (κ1) is 14.3. The van der Waals surface area contributed by atoms with Gasteiger partial charge in [-0.2, -0.15) is 0 Å². The normalized spacial score (nSPS) is 12.3. The molecule has 0 bridgehead atoms. The fourth-order valence-electron chi connectivity index (χ4n) is 1.91. The minimum atomic E-state index is -0.441. The molecule has 0 aliphatic heterocycles. The van der Waals surface area contributed by atoms with Gasteiger partial charge in [0.25, 0.3) is 0 Å². The first-order valence-electron chi connectivity index (χ1n) is 6.24. The third-order valence-corrected chi connectivity index (χ3v) is 4.25. The topological polar surface area (TPSA) is 64.9 Å². The van der Waals surface area contributed by atoms with E-state index in [0.29, 0.717) is 16.8 Å². The maximum atomic E-state index is 6.14. The van der Waals surface area contributed by atoms with Gasteiger partial charge >= 0.3 is 0 Å². The van der Waals surface area contributed by atoms with E-state index in [1.54, 1.807) is 6.07 Å². The van der Waals surface area contributed by atoms with Crippen molar-refractivity contribution in [1.29, 1.82) is 0 Å². The molecule has 6 heteroatoms. The van der Waals surface area contributed by atoms with Crippen molar-refractivity contribution in [2.24, 2.45) is 5.73 Å². The molecule has 0 saturated carbocycles. The van der Waals surface area contributed by atoms with E-state index in [1.165, 1.54) is 0 Å². The molecule has 0 saturated heterocycles. The molecular weight excluding hydrogens is 354 g/mol. The maximum Gasteiger partial charge on any atom is 0.247 e. The summed E-state index contributed by atoms with van der Waals surface area (Å²) in [6.07, 6.45) is 0. The molecule has 3 rings (SSSR count). The summed E-state index contributed by atoms with van der Waals surface area (Å²) in [5.74, 6) is 0.788. The van der Waals surface area contributed by atoms with Crippen LogP contribution < -0.4 is 5.73 Å². The van der Waals surface area contributed by atoms with Gasteiger partial charge in [-0.15, -0.1) is 10.2 Å². The van der Waals surface area contributed by atoms with Gasteiger partial charge in [-0.3, -0.25) is 0 Å². The molecule has 0 aliphatic rings. The van der Waals surface area contributed by atoms with Crippen LogP contribution in [0, 0.1) is 0 Å². The van der Waals surface area contributed by atoms with Crippen molar-refractivity contribution >= 4 is 27.5 Å². The lowest BCUT2D eigenvalue weighted by atomic mass is 10.1. The second kappa shape index (κ2) is 5.97. The van der Waals surface area contributed by atoms with Crippen LogP contribution in [0.4, 0.5) is 0 Å². The zero-order chi connectivity index (χ0) is 14.8. The van der Waals surface area contributed by atoms with Crippen LogP contribution in [0.1, 0.15) is 17.5 Å². The molecule has 2 N–H and O–H groups in total. The molecule has 1 unspecified atom stereocenters. The third kappa shape index (κ3) is 3.00. The van der Waals surface area contributed by atoms with E-state index in [4.69, 9.17) is 21.8 Å². The Balaban J connectivity index is 1.91. The summed E-state index contributed by atoms with van der Waals surface area (Å²) in [7, 11) is 0. The summed E-state index contributed by atoms with van der Waals surface area (Å²) >= 11 is 9.34. The SMILES string of the molecule is NC(c1ccccc1)c1nnc(-c2ccc(Cl)c(Br)c2)o1. The summed E-state index contributed by atoms with van der Waals surface area (Å²) in [5.41, 5.74) is 7.84. The lowest BCUT2D eigenvalue weighted by molar-refractivity contribution is 0.484. The first-order chi connectivity index (χ1) is 10.1. The van der Waals surface area contributed by atoms with Crippen LogP contribution in [0.2, 0.25) is 5.02 Å². The fraction of sp³-hybridized carbons (Fsp3) is 0.0667. The van der Waals surface area contributed by atoms with Crippen LogP contribution in [0.25, 0.3) is 11.5 Å². The summed E-state index contributed by atoms with van der Waals surface area (Å²) in [6, 6.07) is 14.6. The number of nitrogens with zero attached hydrogens (tertiary/aromatic N) is 2. The van der Waals surface area contributed by atoms with Crippen LogP contribution in [0.15, 0.2) is 57.4 Å². The van der Waals surface area contributed by atoms with Gasteiger partial charge in [0.1, 0.15) is 6.04 Å². The van der Waals surface area contributed by atoms with Crippen molar-refractivity contribution in [1.82, 2.24) is 10.2 Å². The Kier molecular flexibility index (Phi) is 4.05. The van der Waals surface area contributed by atoms with E-state index >= 15 is 0 Å². The van der Waals surface area contributed by atoms with Gasteiger partial charge < -0.3 is 10.2 Å². The molecule has 0 spiro atoms. The highest BCUT2D eigenvalue weighted by Crippen LogP contribution is 2.29. The van der Waals surface area contributed by atoms with E-state index in [1.807, 2.05) is 42.5 Å². The van der Waals surface area contributed by atoms with E-state index in [9.17, 15) is 0 Å². The largest absolute Gasteiger partial charge is 0.419 e. The van der Waals surface area contributed by atoms with Crippen LogP contribution in [-0.2, 0) is 0 Å². The number of aromatic nitrogens is 2. The average molecular weight is 365 g/mol. The Morgan fingerprint density at radius 2 is 1.86 bits per heavy atom. The Hall–Kier alpha value is -1.69. The summed E-state index contributed by atoms with van der Waals surface area (Å²) in [6.45, 7) is 0. The molecule has 0 aliphatic carbocycles. The smallest absolute Gasteiger partial charge is 0.247 e. The van der Waals surface area contributed by atoms with Crippen molar-refractivity contribution in [3.63, 3.8) is 0 Å². The van der Waals surface area contributed by atoms with Gasteiger partial charge in [0, 0.05) is 10.0 Å². The Morgan fingerprint density at radius 3 is 2.57 bits per heavy atom. The highest BCUT2D eigenvalue weighted by Gasteiger charge is 2.17. The summed E-state index contributed by atoms with van der Waals surface area (Å²) in [4.78, 5) is 0. The number of nitrogens with two attached hydrogens (primary N) is 1. The minimum Gasteiger partial charge on any atom is -0.419 e. The molecule has 1 atom stereocenters. The van der Waals surface area contributed by atoms with Crippen molar-refractivity contribution in [2.45, 2.75) is 6.04 Å². The van der Waals surface area contributed by atoms with Gasteiger partial charge in [0.15, 0.2) is 0 Å². The molecule has 4 nitrogen and oxygen atoms in total. The quantitative estimate of drug-likeness (QED) is 0.756. The molecule has 21 heavy (non-hydrogen) atoms. The molecule has 106 valence electrons. The Morgan fingerprint density at radius 1 is 1.10 bits per heavy atom. The predicted octanol–water partition coefficient (Wildman–Crippen LogP) is 4.20. The fourth-order valence-corrected chi connectivity index (χ4v) is 2.41. The van der Waals surface area contributed by atoms with E-state index in [2.05, 4.69) is 26.1 Å². The monoisotopic (exact) mass is 363 g/mol. The summed E-state index contributed by atoms with van der Waals surface area (Å²) in [5, 5.41) is 8.70. The second-order valence-corrected chi connectivity index (χ2v) is 5.72. The van der Waals surface area contributed by atoms with E-state index in [0.717, 1.165) is 15.6 Å². The third-order valence-electron chi connectivity index (χ3n) is 3.03. The zero-order valence-corrected chi connectivity index (χ0v) is 13.2. The van der Waals surface area contributed by atoms with Crippen molar-refractivity contribution in [3.8, 4) is 11.5 Å². The van der Waals surface area contributed by atoms with Crippen LogP contribution in [0.5, 0.6) is 0 Å². The van der Waals surface area contributed by atoms with E-state index < -0.39 is 6.04 Å². The molecule has 0 fully saturated rings. The molecule has 0 radical (unpaired) electrons. The molecule has 1 aromatic heterocycles. The average Bonchev–Trinajstić information content (AvgIpc) is 3.00. The standard InChI is InChI=1S/C15H11BrClN3O/c16-11-8-10(6-7-12(11)17)14-19-20-15(21-14)13(18)9-4-2-1-3-5-9/h1-8,13H,18H2. The highest BCUT2D eigenvalue weighted by molar-refractivity contribution is 9.10. The number of hydrogen-bond donors (Lipinski definition) is 1. The maximum absolute atomic E-state index is 6.14. The molecule has 1 heterocycles. The highest BCUT2D eigenvalue weighted by atomic mass is 79.9. The minimum absolute atomic E-state index is 0.377. The zero-order valence-electron chi connectivity index (χ0n) is 10.8. The number of hydrogen-bond acceptors (Lipinski definition) is 4. The number of halogens is 2. The van der Waals surface area contributed by atoms with Crippen LogP contribution in [-0.4, -0.2) is 10.2 Å². The van der Waals surface area contributed by atoms with Crippen molar-refractivity contribution < 1.29 is 4.42 Å². The van der Waals surface area contributed by atoms with Crippen molar-refractivity contribution in [3.05, 3.63) is 69.5 Å². The van der Waals surface area contributed by atoms with Crippen LogP contribution >= 0.6 is 27.5 Å². The Bertz CT molecular complexity index is 761. The van der Waals surface area contributed by atoms with Gasteiger partial charge in [-0.05, 0) is 39.7 Å². The lowest BCUT2D eigenvalue weighted by Crippen LogP contribution is -2.11. The number of rotatable bonds is 3. The molecule has 3 aromatic rings. The molecule has 0 amide bonds. The summed E-state index contributed by atoms with van der Waals surface area (Å²) < 4.78 is 6.44.